The minimum absolute atomic E-state index is 0.0255. The second kappa shape index (κ2) is 4.37. The van der Waals surface area contributed by atoms with Gasteiger partial charge in [0.05, 0.1) is 30.4 Å². The van der Waals surface area contributed by atoms with Gasteiger partial charge in [-0.25, -0.2) is 9.37 Å². The van der Waals surface area contributed by atoms with E-state index in [4.69, 9.17) is 4.74 Å². The summed E-state index contributed by atoms with van der Waals surface area (Å²) in [5.41, 5.74) is 1.30. The predicted octanol–water partition coefficient (Wildman–Crippen LogP) is 2.14. The Labute approximate surface area is 97.7 Å². The summed E-state index contributed by atoms with van der Waals surface area (Å²) in [6.07, 6.45) is 3.77. The molecule has 0 aliphatic carbocycles. The SMILES string of the molecule is COc1cc(C=O)c(F)cc1-n1cnc(C)c1. The lowest BCUT2D eigenvalue weighted by atomic mass is 10.2. The average Bonchev–Trinajstić information content (AvgIpc) is 2.75. The number of methoxy groups -OCH3 is 1. The molecule has 0 N–H and O–H groups in total. The van der Waals surface area contributed by atoms with Crippen LogP contribution in [-0.2, 0) is 0 Å². The maximum Gasteiger partial charge on any atom is 0.153 e. The van der Waals surface area contributed by atoms with E-state index in [0.717, 1.165) is 5.69 Å². The van der Waals surface area contributed by atoms with Crippen LogP contribution in [0, 0.1) is 12.7 Å². The van der Waals surface area contributed by atoms with Gasteiger partial charge in [0.1, 0.15) is 11.6 Å². The van der Waals surface area contributed by atoms with Crippen LogP contribution in [0.2, 0.25) is 0 Å². The Bertz CT molecular complexity index is 564. The molecule has 0 bridgehead atoms. The highest BCUT2D eigenvalue weighted by molar-refractivity contribution is 5.77. The van der Waals surface area contributed by atoms with Gasteiger partial charge in [-0.2, -0.15) is 0 Å². The Balaban J connectivity index is 2.60. The third-order valence-electron chi connectivity index (χ3n) is 2.42. The Morgan fingerprint density at radius 1 is 1.47 bits per heavy atom. The topological polar surface area (TPSA) is 44.1 Å². The standard InChI is InChI=1S/C12H11FN2O2/c1-8-5-15(7-14-8)11-4-10(13)9(6-16)3-12(11)17-2/h3-7H,1-2H3. The number of carbonyl (C=O) groups excluding carboxylic acids is 1. The van der Waals surface area contributed by atoms with Crippen molar-refractivity contribution in [3.8, 4) is 11.4 Å². The maximum absolute atomic E-state index is 13.5. The molecular formula is C12H11FN2O2. The van der Waals surface area contributed by atoms with E-state index in [1.807, 2.05) is 6.92 Å². The summed E-state index contributed by atoms with van der Waals surface area (Å²) < 4.78 is 20.3. The normalized spacial score (nSPS) is 10.3. The highest BCUT2D eigenvalue weighted by atomic mass is 19.1. The van der Waals surface area contributed by atoms with Crippen LogP contribution in [0.5, 0.6) is 5.75 Å². The van der Waals surface area contributed by atoms with Crippen molar-refractivity contribution in [1.29, 1.82) is 0 Å². The minimum atomic E-state index is -0.581. The van der Waals surface area contributed by atoms with E-state index in [9.17, 15) is 9.18 Å². The number of imidazole rings is 1. The first kappa shape index (κ1) is 11.3. The summed E-state index contributed by atoms with van der Waals surface area (Å²) in [6, 6.07) is 2.62. The van der Waals surface area contributed by atoms with Crippen molar-refractivity contribution < 1.29 is 13.9 Å². The van der Waals surface area contributed by atoms with Gasteiger partial charge in [-0.15, -0.1) is 0 Å². The predicted molar refractivity (Wildman–Crippen MR) is 60.2 cm³/mol. The lowest BCUT2D eigenvalue weighted by molar-refractivity contribution is 0.111. The number of halogens is 1. The van der Waals surface area contributed by atoms with E-state index in [1.54, 1.807) is 17.1 Å². The lowest BCUT2D eigenvalue weighted by Gasteiger charge is -2.10. The van der Waals surface area contributed by atoms with Crippen molar-refractivity contribution >= 4 is 6.29 Å². The third kappa shape index (κ3) is 2.04. The molecule has 0 unspecified atom stereocenters. The number of hydrogen-bond acceptors (Lipinski definition) is 3. The molecule has 0 spiro atoms. The fraction of sp³-hybridized carbons (Fsp3) is 0.167. The van der Waals surface area contributed by atoms with Crippen molar-refractivity contribution in [2.24, 2.45) is 0 Å². The zero-order valence-corrected chi connectivity index (χ0v) is 9.48. The van der Waals surface area contributed by atoms with Crippen molar-refractivity contribution in [3.63, 3.8) is 0 Å². The largest absolute Gasteiger partial charge is 0.495 e. The number of nitrogens with zero attached hydrogens (tertiary/aromatic N) is 2. The van der Waals surface area contributed by atoms with E-state index in [1.165, 1.54) is 19.2 Å². The molecule has 0 amide bonds. The zero-order valence-electron chi connectivity index (χ0n) is 9.48. The molecule has 0 fully saturated rings. The van der Waals surface area contributed by atoms with Crippen molar-refractivity contribution in [1.82, 2.24) is 9.55 Å². The summed E-state index contributed by atoms with van der Waals surface area (Å²) >= 11 is 0. The Hall–Kier alpha value is -2.17. The number of benzene rings is 1. The summed E-state index contributed by atoms with van der Waals surface area (Å²) in [7, 11) is 1.47. The number of aromatic nitrogens is 2. The van der Waals surface area contributed by atoms with E-state index in [0.29, 0.717) is 17.7 Å². The van der Waals surface area contributed by atoms with Gasteiger partial charge in [0.25, 0.3) is 0 Å². The molecule has 2 aromatic rings. The van der Waals surface area contributed by atoms with Crippen LogP contribution in [0.1, 0.15) is 16.1 Å². The van der Waals surface area contributed by atoms with Gasteiger partial charge in [0.2, 0.25) is 0 Å². The molecule has 88 valence electrons. The van der Waals surface area contributed by atoms with E-state index in [2.05, 4.69) is 4.98 Å². The number of aryl methyl sites for hydroxylation is 1. The van der Waals surface area contributed by atoms with Crippen LogP contribution < -0.4 is 4.74 Å². The number of carbonyl (C=O) groups is 1. The quantitative estimate of drug-likeness (QED) is 0.764. The first-order chi connectivity index (χ1) is 8.15. The zero-order chi connectivity index (χ0) is 12.4. The molecule has 17 heavy (non-hydrogen) atoms. The van der Waals surface area contributed by atoms with Crippen molar-refractivity contribution in [2.75, 3.05) is 7.11 Å². The Kier molecular flexibility index (Phi) is 2.91. The minimum Gasteiger partial charge on any atom is -0.495 e. The van der Waals surface area contributed by atoms with Crippen molar-refractivity contribution in [2.45, 2.75) is 6.92 Å². The van der Waals surface area contributed by atoms with E-state index >= 15 is 0 Å². The molecule has 1 aromatic carbocycles. The van der Waals surface area contributed by atoms with Crippen LogP contribution >= 0.6 is 0 Å². The molecule has 0 aliphatic rings. The lowest BCUT2D eigenvalue weighted by Crippen LogP contribution is -1.99. The second-order valence-corrected chi connectivity index (χ2v) is 3.59. The highest BCUT2D eigenvalue weighted by Gasteiger charge is 2.11. The van der Waals surface area contributed by atoms with Crippen LogP contribution in [0.25, 0.3) is 5.69 Å². The van der Waals surface area contributed by atoms with E-state index < -0.39 is 5.82 Å². The summed E-state index contributed by atoms with van der Waals surface area (Å²) in [6.45, 7) is 1.83. The number of aldehydes is 1. The fourth-order valence-corrected chi connectivity index (χ4v) is 1.57. The van der Waals surface area contributed by atoms with E-state index in [-0.39, 0.29) is 5.56 Å². The van der Waals surface area contributed by atoms with Crippen LogP contribution in [0.4, 0.5) is 4.39 Å². The van der Waals surface area contributed by atoms with Crippen molar-refractivity contribution in [3.05, 3.63) is 41.7 Å². The molecule has 1 heterocycles. The summed E-state index contributed by atoms with van der Waals surface area (Å²) in [4.78, 5) is 14.7. The average molecular weight is 234 g/mol. The molecule has 4 nitrogen and oxygen atoms in total. The molecule has 0 saturated heterocycles. The molecule has 2 rings (SSSR count). The molecule has 0 aliphatic heterocycles. The molecular weight excluding hydrogens is 223 g/mol. The van der Waals surface area contributed by atoms with Crippen LogP contribution in [0.15, 0.2) is 24.7 Å². The van der Waals surface area contributed by atoms with Gasteiger partial charge >= 0.3 is 0 Å². The van der Waals surface area contributed by atoms with Gasteiger partial charge in [0, 0.05) is 12.3 Å². The Morgan fingerprint density at radius 2 is 2.24 bits per heavy atom. The number of rotatable bonds is 3. The number of hydrogen-bond donors (Lipinski definition) is 0. The summed E-state index contributed by atoms with van der Waals surface area (Å²) in [5.74, 6) is -0.159. The van der Waals surface area contributed by atoms with Gasteiger partial charge < -0.3 is 9.30 Å². The second-order valence-electron chi connectivity index (χ2n) is 3.59. The molecule has 0 saturated carbocycles. The van der Waals surface area contributed by atoms with Crippen LogP contribution in [0.3, 0.4) is 0 Å². The smallest absolute Gasteiger partial charge is 0.153 e. The molecule has 1 aromatic heterocycles. The summed E-state index contributed by atoms with van der Waals surface area (Å²) in [5, 5.41) is 0. The fourth-order valence-electron chi connectivity index (χ4n) is 1.57. The highest BCUT2D eigenvalue weighted by Crippen LogP contribution is 2.26. The van der Waals surface area contributed by atoms with Crippen LogP contribution in [-0.4, -0.2) is 22.9 Å². The maximum atomic E-state index is 13.5. The molecule has 0 radical (unpaired) electrons. The van der Waals surface area contributed by atoms with Gasteiger partial charge in [-0.1, -0.05) is 0 Å². The molecule has 0 atom stereocenters. The van der Waals surface area contributed by atoms with Gasteiger partial charge in [-0.3, -0.25) is 4.79 Å². The first-order valence-corrected chi connectivity index (χ1v) is 4.99. The monoisotopic (exact) mass is 234 g/mol. The van der Waals surface area contributed by atoms with Gasteiger partial charge in [-0.05, 0) is 13.0 Å². The first-order valence-electron chi connectivity index (χ1n) is 4.99. The van der Waals surface area contributed by atoms with Gasteiger partial charge in [0.15, 0.2) is 6.29 Å². The third-order valence-corrected chi connectivity index (χ3v) is 2.42. The molecule has 5 heteroatoms. The number of ether oxygens (including phenoxy) is 1. The Morgan fingerprint density at radius 3 is 2.76 bits per heavy atom.